The lowest BCUT2D eigenvalue weighted by Gasteiger charge is -2.24. The molecule has 0 aliphatic carbocycles. The van der Waals surface area contributed by atoms with Gasteiger partial charge in [0.2, 0.25) is 5.91 Å². The number of hydrogen-bond donors (Lipinski definition) is 2. The predicted molar refractivity (Wildman–Crippen MR) is 73.0 cm³/mol. The molecule has 3 rings (SSSR count). The Balaban J connectivity index is 1.66. The summed E-state index contributed by atoms with van der Waals surface area (Å²) in [6.45, 7) is 1.64. The fourth-order valence-corrected chi connectivity index (χ4v) is 3.10. The number of hydrogen-bond acceptors (Lipinski definition) is 3. The SMILES string of the molecule is O=C(Cc1ccccc1O)N1CCC2CCC(C1)N2. The van der Waals surface area contributed by atoms with Crippen LogP contribution in [0, 0.1) is 0 Å². The third-order valence-electron chi connectivity index (χ3n) is 4.21. The van der Waals surface area contributed by atoms with Crippen molar-refractivity contribution in [3.8, 4) is 5.75 Å². The molecule has 2 bridgehead atoms. The number of amides is 1. The van der Waals surface area contributed by atoms with E-state index in [1.165, 1.54) is 12.8 Å². The highest BCUT2D eigenvalue weighted by molar-refractivity contribution is 5.79. The minimum absolute atomic E-state index is 0.121. The summed E-state index contributed by atoms with van der Waals surface area (Å²) in [5.41, 5.74) is 0.717. The number of benzene rings is 1. The molecule has 2 saturated heterocycles. The topological polar surface area (TPSA) is 52.6 Å². The van der Waals surface area contributed by atoms with E-state index in [1.54, 1.807) is 12.1 Å². The van der Waals surface area contributed by atoms with E-state index in [0.717, 1.165) is 25.1 Å². The van der Waals surface area contributed by atoms with Gasteiger partial charge in [-0.05, 0) is 25.3 Å². The zero-order valence-electron chi connectivity index (χ0n) is 11.0. The highest BCUT2D eigenvalue weighted by Crippen LogP contribution is 2.22. The summed E-state index contributed by atoms with van der Waals surface area (Å²) in [6, 6.07) is 8.13. The normalized spacial score (nSPS) is 26.2. The van der Waals surface area contributed by atoms with Gasteiger partial charge in [-0.2, -0.15) is 0 Å². The number of nitrogens with one attached hydrogen (secondary N) is 1. The van der Waals surface area contributed by atoms with E-state index >= 15 is 0 Å². The largest absolute Gasteiger partial charge is 0.508 e. The third-order valence-corrected chi connectivity index (χ3v) is 4.21. The summed E-state index contributed by atoms with van der Waals surface area (Å²) in [5.74, 6) is 0.334. The van der Waals surface area contributed by atoms with Crippen LogP contribution in [0.3, 0.4) is 0 Å². The quantitative estimate of drug-likeness (QED) is 0.842. The zero-order chi connectivity index (χ0) is 13.2. The van der Waals surface area contributed by atoms with Crippen molar-refractivity contribution in [1.29, 1.82) is 0 Å². The van der Waals surface area contributed by atoms with Gasteiger partial charge in [0, 0.05) is 30.7 Å². The second-order valence-corrected chi connectivity index (χ2v) is 5.57. The second-order valence-electron chi connectivity index (χ2n) is 5.57. The molecule has 2 fully saturated rings. The van der Waals surface area contributed by atoms with Crippen LogP contribution in [0.25, 0.3) is 0 Å². The first-order valence-corrected chi connectivity index (χ1v) is 7.03. The molecule has 0 aromatic heterocycles. The summed E-state index contributed by atoms with van der Waals surface area (Å²) < 4.78 is 0. The molecule has 2 atom stereocenters. The lowest BCUT2D eigenvalue weighted by Crippen LogP contribution is -2.39. The van der Waals surface area contributed by atoms with E-state index in [1.807, 2.05) is 17.0 Å². The lowest BCUT2D eigenvalue weighted by molar-refractivity contribution is -0.130. The van der Waals surface area contributed by atoms with Gasteiger partial charge < -0.3 is 15.3 Å². The van der Waals surface area contributed by atoms with E-state index in [0.29, 0.717) is 18.5 Å². The first kappa shape index (κ1) is 12.5. The molecule has 2 unspecified atom stereocenters. The van der Waals surface area contributed by atoms with Crippen LogP contribution in [0.5, 0.6) is 5.75 Å². The molecule has 0 radical (unpaired) electrons. The molecular weight excluding hydrogens is 240 g/mol. The number of fused-ring (bicyclic) bond motifs is 2. The molecule has 2 aliphatic rings. The Labute approximate surface area is 113 Å². The maximum absolute atomic E-state index is 12.3. The molecule has 1 amide bonds. The average molecular weight is 260 g/mol. The fourth-order valence-electron chi connectivity index (χ4n) is 3.10. The van der Waals surface area contributed by atoms with Crippen molar-refractivity contribution in [1.82, 2.24) is 10.2 Å². The summed E-state index contributed by atoms with van der Waals surface area (Å²) in [4.78, 5) is 14.3. The highest BCUT2D eigenvalue weighted by atomic mass is 16.3. The maximum Gasteiger partial charge on any atom is 0.227 e. The monoisotopic (exact) mass is 260 g/mol. The maximum atomic E-state index is 12.3. The Hall–Kier alpha value is -1.55. The first-order valence-electron chi connectivity index (χ1n) is 7.03. The van der Waals surface area contributed by atoms with Crippen LogP contribution in [-0.4, -0.2) is 41.1 Å². The van der Waals surface area contributed by atoms with Crippen LogP contribution >= 0.6 is 0 Å². The van der Waals surface area contributed by atoms with Gasteiger partial charge in [-0.15, -0.1) is 0 Å². The second kappa shape index (κ2) is 5.21. The summed E-state index contributed by atoms with van der Waals surface area (Å²) in [7, 11) is 0. The van der Waals surface area contributed by atoms with Crippen molar-refractivity contribution in [2.24, 2.45) is 0 Å². The number of carbonyl (C=O) groups excluding carboxylic acids is 1. The molecule has 2 N–H and O–H groups in total. The van der Waals surface area contributed by atoms with E-state index in [4.69, 9.17) is 0 Å². The van der Waals surface area contributed by atoms with Gasteiger partial charge in [0.1, 0.15) is 5.75 Å². The zero-order valence-corrected chi connectivity index (χ0v) is 11.0. The van der Waals surface area contributed by atoms with Crippen molar-refractivity contribution < 1.29 is 9.90 Å². The molecule has 2 aliphatic heterocycles. The van der Waals surface area contributed by atoms with Crippen molar-refractivity contribution in [2.45, 2.75) is 37.8 Å². The Kier molecular flexibility index (Phi) is 3.42. The Bertz CT molecular complexity index is 475. The minimum atomic E-state index is 0.121. The number of carbonyl (C=O) groups is 1. The first-order chi connectivity index (χ1) is 9.22. The number of phenolic OH excluding ortho intramolecular Hbond substituents is 1. The molecule has 0 saturated carbocycles. The molecule has 1 aromatic carbocycles. The third kappa shape index (κ3) is 2.73. The van der Waals surface area contributed by atoms with Crippen molar-refractivity contribution in [3.63, 3.8) is 0 Å². The van der Waals surface area contributed by atoms with Crippen molar-refractivity contribution >= 4 is 5.91 Å². The molecule has 0 spiro atoms. The number of para-hydroxylation sites is 1. The molecule has 1 aromatic rings. The predicted octanol–water partition coefficient (Wildman–Crippen LogP) is 1.29. The van der Waals surface area contributed by atoms with E-state index in [-0.39, 0.29) is 11.7 Å². The van der Waals surface area contributed by atoms with Crippen molar-refractivity contribution in [2.75, 3.05) is 13.1 Å². The Morgan fingerprint density at radius 3 is 2.89 bits per heavy atom. The Morgan fingerprint density at radius 2 is 2.05 bits per heavy atom. The number of phenols is 1. The number of rotatable bonds is 2. The van der Waals surface area contributed by atoms with Gasteiger partial charge in [0.25, 0.3) is 0 Å². The fraction of sp³-hybridized carbons (Fsp3) is 0.533. The van der Waals surface area contributed by atoms with E-state index < -0.39 is 0 Å². The van der Waals surface area contributed by atoms with Crippen LogP contribution in [0.1, 0.15) is 24.8 Å². The van der Waals surface area contributed by atoms with E-state index in [9.17, 15) is 9.90 Å². The summed E-state index contributed by atoms with van der Waals surface area (Å²) >= 11 is 0. The van der Waals surface area contributed by atoms with Gasteiger partial charge >= 0.3 is 0 Å². The van der Waals surface area contributed by atoms with Crippen LogP contribution in [0.15, 0.2) is 24.3 Å². The van der Waals surface area contributed by atoms with Crippen LogP contribution in [0.4, 0.5) is 0 Å². The van der Waals surface area contributed by atoms with Crippen LogP contribution < -0.4 is 5.32 Å². The highest BCUT2D eigenvalue weighted by Gasteiger charge is 2.31. The summed E-state index contributed by atoms with van der Waals surface area (Å²) in [5, 5.41) is 13.3. The number of nitrogens with zero attached hydrogens (tertiary/aromatic N) is 1. The van der Waals surface area contributed by atoms with Crippen LogP contribution in [-0.2, 0) is 11.2 Å². The number of likely N-dealkylation sites (tertiary alicyclic amines) is 1. The molecule has 4 nitrogen and oxygen atoms in total. The van der Waals surface area contributed by atoms with E-state index in [2.05, 4.69) is 5.32 Å². The minimum Gasteiger partial charge on any atom is -0.508 e. The average Bonchev–Trinajstić information content (AvgIpc) is 2.71. The summed E-state index contributed by atoms with van der Waals surface area (Å²) in [6.07, 6.45) is 3.75. The van der Waals surface area contributed by atoms with Gasteiger partial charge in [-0.1, -0.05) is 18.2 Å². The molecule has 2 heterocycles. The Morgan fingerprint density at radius 1 is 1.26 bits per heavy atom. The number of aromatic hydroxyl groups is 1. The standard InChI is InChI=1S/C15H20N2O2/c18-14-4-2-1-3-11(14)9-15(19)17-8-7-12-5-6-13(10-17)16-12/h1-4,12-13,16,18H,5-10H2. The lowest BCUT2D eigenvalue weighted by atomic mass is 10.1. The molecular formula is C15H20N2O2. The van der Waals surface area contributed by atoms with Gasteiger partial charge in [-0.3, -0.25) is 4.79 Å². The molecule has 4 heteroatoms. The van der Waals surface area contributed by atoms with Crippen molar-refractivity contribution in [3.05, 3.63) is 29.8 Å². The van der Waals surface area contributed by atoms with Gasteiger partial charge in [0.05, 0.1) is 6.42 Å². The molecule has 102 valence electrons. The van der Waals surface area contributed by atoms with Gasteiger partial charge in [-0.25, -0.2) is 0 Å². The smallest absolute Gasteiger partial charge is 0.227 e. The molecule has 19 heavy (non-hydrogen) atoms. The van der Waals surface area contributed by atoms with Crippen LogP contribution in [0.2, 0.25) is 0 Å². The van der Waals surface area contributed by atoms with Gasteiger partial charge in [0.15, 0.2) is 0 Å².